The van der Waals surface area contributed by atoms with Crippen molar-refractivity contribution in [1.29, 1.82) is 0 Å². The van der Waals surface area contributed by atoms with Crippen LogP contribution in [0.15, 0.2) is 12.2 Å². The maximum atomic E-state index is 10.9. The Labute approximate surface area is 81.6 Å². The topological polar surface area (TPSA) is 61.8 Å². The van der Waals surface area contributed by atoms with Crippen molar-refractivity contribution in [2.45, 2.75) is 19.4 Å². The average Bonchev–Trinajstić information content (AvgIpc) is 2.45. The molecule has 0 aromatic rings. The lowest BCUT2D eigenvalue weighted by atomic mass is 10.1. The number of rotatable bonds is 3. The molecule has 5 heteroatoms. The van der Waals surface area contributed by atoms with E-state index < -0.39 is 17.7 Å². The first-order valence-electron chi connectivity index (χ1n) is 4.21. The fraction of sp³-hybridized carbons (Fsp3) is 0.556. The molecule has 0 spiro atoms. The Hall–Kier alpha value is -1.52. The van der Waals surface area contributed by atoms with E-state index in [1.54, 1.807) is 19.9 Å². The molecule has 0 aliphatic carbocycles. The van der Waals surface area contributed by atoms with E-state index in [0.717, 1.165) is 0 Å². The molecular weight excluding hydrogens is 188 g/mol. The lowest BCUT2D eigenvalue weighted by Crippen LogP contribution is -2.34. The van der Waals surface area contributed by atoms with E-state index in [2.05, 4.69) is 4.74 Å². The van der Waals surface area contributed by atoms with Crippen LogP contribution in [-0.4, -0.2) is 30.9 Å². The Morgan fingerprint density at radius 1 is 1.71 bits per heavy atom. The Bertz CT molecular complexity index is 270. The molecule has 1 aliphatic heterocycles. The molecule has 1 fully saturated rings. The second-order valence-electron chi connectivity index (χ2n) is 3.20. The van der Waals surface area contributed by atoms with Crippen molar-refractivity contribution >= 4 is 12.1 Å². The number of carbonyl (C=O) groups is 2. The zero-order valence-corrected chi connectivity index (χ0v) is 8.11. The fourth-order valence-corrected chi connectivity index (χ4v) is 0.951. The van der Waals surface area contributed by atoms with Crippen LogP contribution in [-0.2, 0) is 19.0 Å². The Kier molecular flexibility index (Phi) is 3.11. The van der Waals surface area contributed by atoms with Crippen LogP contribution in [0.25, 0.3) is 0 Å². The van der Waals surface area contributed by atoms with Crippen molar-refractivity contribution in [3.8, 4) is 0 Å². The van der Waals surface area contributed by atoms with Gasteiger partial charge in [0.2, 0.25) is 0 Å². The molecular formula is C9H12O5. The third-order valence-corrected chi connectivity index (χ3v) is 1.65. The Morgan fingerprint density at radius 2 is 2.43 bits per heavy atom. The molecule has 1 atom stereocenters. The molecule has 0 amide bonds. The molecule has 1 heterocycles. The number of ether oxygens (including phenoxy) is 3. The van der Waals surface area contributed by atoms with Gasteiger partial charge in [0.25, 0.3) is 0 Å². The zero-order valence-electron chi connectivity index (χ0n) is 8.11. The van der Waals surface area contributed by atoms with E-state index in [1.807, 2.05) is 0 Å². The number of hydrogen-bond acceptors (Lipinski definition) is 5. The van der Waals surface area contributed by atoms with Gasteiger partial charge in [-0.15, -0.1) is 0 Å². The van der Waals surface area contributed by atoms with Crippen molar-refractivity contribution in [1.82, 2.24) is 0 Å². The van der Waals surface area contributed by atoms with Gasteiger partial charge in [-0.05, 0) is 13.8 Å². The van der Waals surface area contributed by atoms with Gasteiger partial charge in [0, 0.05) is 6.08 Å². The molecule has 0 aromatic carbocycles. The predicted molar refractivity (Wildman–Crippen MR) is 46.6 cm³/mol. The monoisotopic (exact) mass is 200 g/mol. The third kappa shape index (κ3) is 2.76. The van der Waals surface area contributed by atoms with Crippen molar-refractivity contribution in [3.05, 3.63) is 12.2 Å². The summed E-state index contributed by atoms with van der Waals surface area (Å²) in [5.41, 5.74) is -0.853. The quantitative estimate of drug-likeness (QED) is 0.503. The van der Waals surface area contributed by atoms with Crippen molar-refractivity contribution < 1.29 is 23.8 Å². The lowest BCUT2D eigenvalue weighted by molar-refractivity contribution is -0.143. The Morgan fingerprint density at radius 3 is 2.93 bits per heavy atom. The van der Waals surface area contributed by atoms with Crippen molar-refractivity contribution in [2.24, 2.45) is 0 Å². The van der Waals surface area contributed by atoms with E-state index in [9.17, 15) is 9.59 Å². The van der Waals surface area contributed by atoms with Crippen molar-refractivity contribution in [3.63, 3.8) is 0 Å². The molecule has 1 saturated heterocycles. The van der Waals surface area contributed by atoms with Gasteiger partial charge < -0.3 is 14.2 Å². The number of hydrogen-bond donors (Lipinski definition) is 0. The van der Waals surface area contributed by atoms with Gasteiger partial charge in [-0.3, -0.25) is 0 Å². The van der Waals surface area contributed by atoms with Gasteiger partial charge >= 0.3 is 12.1 Å². The summed E-state index contributed by atoms with van der Waals surface area (Å²) < 4.78 is 14.2. The molecule has 5 nitrogen and oxygen atoms in total. The first-order valence-corrected chi connectivity index (χ1v) is 4.21. The van der Waals surface area contributed by atoms with Crippen LogP contribution in [0.2, 0.25) is 0 Å². The molecule has 1 unspecified atom stereocenters. The highest BCUT2D eigenvalue weighted by atomic mass is 16.8. The number of esters is 1. The summed E-state index contributed by atoms with van der Waals surface area (Å²) in [7, 11) is 0. The van der Waals surface area contributed by atoms with Crippen molar-refractivity contribution in [2.75, 3.05) is 13.2 Å². The molecule has 0 N–H and O–H groups in total. The van der Waals surface area contributed by atoms with Gasteiger partial charge in [-0.2, -0.15) is 0 Å². The summed E-state index contributed by atoms with van der Waals surface area (Å²) in [4.78, 5) is 21.6. The van der Waals surface area contributed by atoms with Crippen LogP contribution in [0.4, 0.5) is 4.79 Å². The van der Waals surface area contributed by atoms with Gasteiger partial charge in [-0.25, -0.2) is 9.59 Å². The standard InChI is InChI=1S/C9H12O5/c1-3-4-7(10)12-5-9(2)6-13-8(11)14-9/h3-4H,5-6H2,1-2H3. The maximum Gasteiger partial charge on any atom is 0.509 e. The first-order chi connectivity index (χ1) is 6.56. The summed E-state index contributed by atoms with van der Waals surface area (Å²) in [6.07, 6.45) is 2.14. The summed E-state index contributed by atoms with van der Waals surface area (Å²) in [5.74, 6) is -0.461. The predicted octanol–water partition coefficient (Wildman–Crippen LogP) is 1.03. The van der Waals surface area contributed by atoms with E-state index in [-0.39, 0.29) is 13.2 Å². The van der Waals surface area contributed by atoms with E-state index >= 15 is 0 Å². The molecule has 1 aliphatic rings. The molecule has 0 saturated carbocycles. The lowest BCUT2D eigenvalue weighted by Gasteiger charge is -2.18. The van der Waals surface area contributed by atoms with Crippen LogP contribution in [0.3, 0.4) is 0 Å². The zero-order chi connectivity index (χ0) is 10.6. The molecule has 78 valence electrons. The first kappa shape index (κ1) is 10.6. The average molecular weight is 200 g/mol. The highest BCUT2D eigenvalue weighted by molar-refractivity contribution is 5.81. The maximum absolute atomic E-state index is 10.9. The summed E-state index contributed by atoms with van der Waals surface area (Å²) in [5, 5.41) is 0. The second-order valence-corrected chi connectivity index (χ2v) is 3.20. The minimum atomic E-state index is -0.853. The molecule has 0 aromatic heterocycles. The van der Waals surface area contributed by atoms with Crippen LogP contribution in [0.1, 0.15) is 13.8 Å². The third-order valence-electron chi connectivity index (χ3n) is 1.65. The van der Waals surface area contributed by atoms with E-state index in [4.69, 9.17) is 9.47 Å². The number of allylic oxidation sites excluding steroid dienone is 1. The molecule has 1 rings (SSSR count). The Balaban J connectivity index is 2.37. The van der Waals surface area contributed by atoms with Gasteiger partial charge in [0.15, 0.2) is 5.60 Å². The minimum absolute atomic E-state index is 0.00190. The normalized spacial score (nSPS) is 26.0. The largest absolute Gasteiger partial charge is 0.509 e. The minimum Gasteiger partial charge on any atom is -0.458 e. The smallest absolute Gasteiger partial charge is 0.458 e. The SMILES string of the molecule is CC=CC(=O)OCC1(C)COC(=O)O1. The van der Waals surface area contributed by atoms with Gasteiger partial charge in [-0.1, -0.05) is 6.08 Å². The van der Waals surface area contributed by atoms with Gasteiger partial charge in [0.1, 0.15) is 13.2 Å². The van der Waals surface area contributed by atoms with E-state index in [1.165, 1.54) is 6.08 Å². The van der Waals surface area contributed by atoms with Crippen LogP contribution >= 0.6 is 0 Å². The fourth-order valence-electron chi connectivity index (χ4n) is 0.951. The summed E-state index contributed by atoms with van der Waals surface area (Å²) >= 11 is 0. The number of carbonyl (C=O) groups excluding carboxylic acids is 2. The summed E-state index contributed by atoms with van der Waals surface area (Å²) in [6, 6.07) is 0. The van der Waals surface area contributed by atoms with E-state index in [0.29, 0.717) is 0 Å². The highest BCUT2D eigenvalue weighted by Crippen LogP contribution is 2.19. The number of cyclic esters (lactones) is 2. The highest BCUT2D eigenvalue weighted by Gasteiger charge is 2.39. The molecule has 14 heavy (non-hydrogen) atoms. The van der Waals surface area contributed by atoms with Crippen LogP contribution in [0, 0.1) is 0 Å². The molecule has 0 radical (unpaired) electrons. The second kappa shape index (κ2) is 4.13. The molecule has 0 bridgehead atoms. The van der Waals surface area contributed by atoms with Gasteiger partial charge in [0.05, 0.1) is 0 Å². The van der Waals surface area contributed by atoms with Crippen LogP contribution < -0.4 is 0 Å². The van der Waals surface area contributed by atoms with Crippen LogP contribution in [0.5, 0.6) is 0 Å². The summed E-state index contributed by atoms with van der Waals surface area (Å²) in [6.45, 7) is 3.46.